The Balaban J connectivity index is 2.09. The van der Waals surface area contributed by atoms with Crippen molar-refractivity contribution in [1.82, 2.24) is 24.9 Å². The molecule has 0 aliphatic rings. The van der Waals surface area contributed by atoms with Gasteiger partial charge in [0.2, 0.25) is 0 Å². The first-order valence-electron chi connectivity index (χ1n) is 6.87. The van der Waals surface area contributed by atoms with Crippen molar-refractivity contribution in [2.24, 2.45) is 7.05 Å². The van der Waals surface area contributed by atoms with Crippen LogP contribution in [0.15, 0.2) is 18.6 Å². The number of aliphatic carboxylic acids is 1. The van der Waals surface area contributed by atoms with Crippen LogP contribution in [-0.2, 0) is 11.8 Å². The van der Waals surface area contributed by atoms with Crippen molar-refractivity contribution in [3.63, 3.8) is 0 Å². The van der Waals surface area contributed by atoms with Crippen molar-refractivity contribution in [2.75, 3.05) is 0 Å². The fraction of sp³-hybridized carbons (Fsp3) is 0.429. The molecule has 8 heteroatoms. The fourth-order valence-corrected chi connectivity index (χ4v) is 2.08. The van der Waals surface area contributed by atoms with Crippen LogP contribution in [0.2, 0.25) is 0 Å². The van der Waals surface area contributed by atoms with E-state index in [2.05, 4.69) is 15.5 Å². The van der Waals surface area contributed by atoms with Gasteiger partial charge in [0.15, 0.2) is 0 Å². The van der Waals surface area contributed by atoms with E-state index in [1.54, 1.807) is 10.9 Å². The molecule has 2 N–H and O–H groups in total. The van der Waals surface area contributed by atoms with Gasteiger partial charge in [-0.1, -0.05) is 0 Å². The van der Waals surface area contributed by atoms with Gasteiger partial charge in [-0.05, 0) is 20.8 Å². The summed E-state index contributed by atoms with van der Waals surface area (Å²) in [7, 11) is 1.84. The quantitative estimate of drug-likeness (QED) is 0.860. The molecule has 0 saturated heterocycles. The van der Waals surface area contributed by atoms with Gasteiger partial charge in [-0.3, -0.25) is 14.2 Å². The summed E-state index contributed by atoms with van der Waals surface area (Å²) in [6, 6.07) is -1.03. The smallest absolute Gasteiger partial charge is 0.328 e. The number of amides is 1. The summed E-state index contributed by atoms with van der Waals surface area (Å²) in [4.78, 5) is 23.1. The number of carboxylic acids is 1. The van der Waals surface area contributed by atoms with Crippen LogP contribution in [0, 0.1) is 6.92 Å². The molecule has 0 aliphatic heterocycles. The van der Waals surface area contributed by atoms with E-state index in [0.29, 0.717) is 5.56 Å². The molecule has 0 saturated carbocycles. The Labute approximate surface area is 127 Å². The fourth-order valence-electron chi connectivity index (χ4n) is 2.08. The molecule has 2 rings (SSSR count). The maximum atomic E-state index is 12.2. The number of hydrogen-bond acceptors (Lipinski definition) is 4. The number of carbonyl (C=O) groups is 2. The molecule has 1 amide bonds. The Morgan fingerprint density at radius 3 is 2.50 bits per heavy atom. The molecule has 2 aromatic heterocycles. The van der Waals surface area contributed by atoms with E-state index >= 15 is 0 Å². The van der Waals surface area contributed by atoms with Crippen LogP contribution in [0.3, 0.4) is 0 Å². The zero-order valence-corrected chi connectivity index (χ0v) is 12.9. The monoisotopic (exact) mass is 305 g/mol. The van der Waals surface area contributed by atoms with Gasteiger partial charge in [-0.15, -0.1) is 0 Å². The van der Waals surface area contributed by atoms with E-state index in [-0.39, 0.29) is 11.9 Å². The van der Waals surface area contributed by atoms with Crippen molar-refractivity contribution in [3.8, 4) is 0 Å². The minimum absolute atomic E-state index is 0.207. The highest BCUT2D eigenvalue weighted by atomic mass is 16.4. The predicted octanol–water partition coefficient (Wildman–Crippen LogP) is 1.06. The lowest BCUT2D eigenvalue weighted by Crippen LogP contribution is -2.26. The van der Waals surface area contributed by atoms with Crippen molar-refractivity contribution in [2.45, 2.75) is 32.9 Å². The Kier molecular flexibility index (Phi) is 4.30. The van der Waals surface area contributed by atoms with Crippen LogP contribution >= 0.6 is 0 Å². The van der Waals surface area contributed by atoms with E-state index in [4.69, 9.17) is 5.11 Å². The number of carboxylic acid groups (broad SMARTS) is 1. The number of hydrogen-bond donors (Lipinski definition) is 2. The highest BCUT2D eigenvalue weighted by Crippen LogP contribution is 2.17. The van der Waals surface area contributed by atoms with Crippen molar-refractivity contribution >= 4 is 11.9 Å². The number of rotatable bonds is 5. The van der Waals surface area contributed by atoms with Crippen molar-refractivity contribution < 1.29 is 14.7 Å². The molecule has 118 valence electrons. The molecular weight excluding hydrogens is 286 g/mol. The molecule has 22 heavy (non-hydrogen) atoms. The number of aromatic nitrogens is 4. The van der Waals surface area contributed by atoms with Gasteiger partial charge in [-0.25, -0.2) is 4.79 Å². The normalized spacial score (nSPS) is 13.6. The summed E-state index contributed by atoms with van der Waals surface area (Å²) in [5, 5.41) is 19.9. The Bertz CT molecular complexity index is 703. The summed E-state index contributed by atoms with van der Waals surface area (Å²) in [5.41, 5.74) is 2.23. The topological polar surface area (TPSA) is 102 Å². The van der Waals surface area contributed by atoms with Crippen LogP contribution in [0.5, 0.6) is 0 Å². The zero-order chi connectivity index (χ0) is 16.4. The average molecular weight is 305 g/mol. The van der Waals surface area contributed by atoms with Crippen LogP contribution in [0.1, 0.15) is 47.5 Å². The summed E-state index contributed by atoms with van der Waals surface area (Å²) in [6.45, 7) is 5.29. The average Bonchev–Trinajstić information content (AvgIpc) is 3.06. The molecule has 2 aromatic rings. The summed E-state index contributed by atoms with van der Waals surface area (Å²) in [5.74, 6) is -1.31. The predicted molar refractivity (Wildman–Crippen MR) is 78.4 cm³/mol. The molecule has 0 radical (unpaired) electrons. The van der Waals surface area contributed by atoms with Gasteiger partial charge >= 0.3 is 5.97 Å². The second-order valence-electron chi connectivity index (χ2n) is 5.23. The van der Waals surface area contributed by atoms with Gasteiger partial charge in [0.25, 0.3) is 5.91 Å². The third kappa shape index (κ3) is 3.00. The second-order valence-corrected chi connectivity index (χ2v) is 5.23. The van der Waals surface area contributed by atoms with Crippen LogP contribution < -0.4 is 5.32 Å². The lowest BCUT2D eigenvalue weighted by Gasteiger charge is -2.13. The number of nitrogens with one attached hydrogen (secondary N) is 1. The van der Waals surface area contributed by atoms with E-state index < -0.39 is 12.0 Å². The molecular formula is C14H19N5O3. The maximum absolute atomic E-state index is 12.2. The number of aryl methyl sites for hydroxylation is 1. The van der Waals surface area contributed by atoms with Gasteiger partial charge < -0.3 is 10.4 Å². The van der Waals surface area contributed by atoms with Gasteiger partial charge in [0, 0.05) is 24.5 Å². The molecule has 0 spiro atoms. The minimum Gasteiger partial charge on any atom is -0.480 e. The molecule has 2 heterocycles. The molecule has 0 fully saturated rings. The molecule has 2 unspecified atom stereocenters. The first kappa shape index (κ1) is 15.7. The molecule has 0 bridgehead atoms. The Hall–Kier alpha value is -2.64. The largest absolute Gasteiger partial charge is 0.480 e. The Morgan fingerprint density at radius 1 is 1.27 bits per heavy atom. The first-order chi connectivity index (χ1) is 10.3. The van der Waals surface area contributed by atoms with Crippen LogP contribution in [0.4, 0.5) is 0 Å². The van der Waals surface area contributed by atoms with Crippen LogP contribution in [-0.4, -0.2) is 36.5 Å². The van der Waals surface area contributed by atoms with E-state index in [9.17, 15) is 9.59 Å². The summed E-state index contributed by atoms with van der Waals surface area (Å²) in [6.07, 6.45) is 4.50. The third-order valence-corrected chi connectivity index (χ3v) is 3.71. The SMILES string of the molecule is Cc1c(C(C)NC(=O)c2cnn(C(C)C(=O)O)c2)cnn1C. The highest BCUT2D eigenvalue weighted by Gasteiger charge is 2.19. The van der Waals surface area contributed by atoms with Crippen LogP contribution in [0.25, 0.3) is 0 Å². The van der Waals surface area contributed by atoms with Crippen molar-refractivity contribution in [1.29, 1.82) is 0 Å². The van der Waals surface area contributed by atoms with E-state index in [0.717, 1.165) is 11.3 Å². The molecule has 2 atom stereocenters. The summed E-state index contributed by atoms with van der Waals surface area (Å²) < 4.78 is 2.99. The van der Waals surface area contributed by atoms with Crippen molar-refractivity contribution in [3.05, 3.63) is 35.4 Å². The number of carbonyl (C=O) groups excluding carboxylic acids is 1. The highest BCUT2D eigenvalue weighted by molar-refractivity contribution is 5.94. The van der Waals surface area contributed by atoms with Gasteiger partial charge in [0.1, 0.15) is 6.04 Å². The molecule has 0 aromatic carbocycles. The summed E-state index contributed by atoms with van der Waals surface area (Å²) >= 11 is 0. The maximum Gasteiger partial charge on any atom is 0.328 e. The first-order valence-corrected chi connectivity index (χ1v) is 6.87. The lowest BCUT2D eigenvalue weighted by molar-refractivity contribution is -0.140. The van der Waals surface area contributed by atoms with Gasteiger partial charge in [-0.2, -0.15) is 10.2 Å². The molecule has 8 nitrogen and oxygen atoms in total. The zero-order valence-electron chi connectivity index (χ0n) is 12.9. The molecule has 0 aliphatic carbocycles. The van der Waals surface area contributed by atoms with E-state index in [1.807, 2.05) is 20.9 Å². The minimum atomic E-state index is -1.01. The standard InChI is InChI=1S/C14H19N5O3/c1-8(12-6-15-18(4)9(12)2)17-13(20)11-5-16-19(7-11)10(3)14(21)22/h5-8,10H,1-4H3,(H,17,20)(H,21,22). The second kappa shape index (κ2) is 6.00. The lowest BCUT2D eigenvalue weighted by atomic mass is 10.1. The Morgan fingerprint density at radius 2 is 1.95 bits per heavy atom. The third-order valence-electron chi connectivity index (χ3n) is 3.71. The van der Waals surface area contributed by atoms with E-state index in [1.165, 1.54) is 24.0 Å². The number of nitrogens with zero attached hydrogens (tertiary/aromatic N) is 4. The van der Waals surface area contributed by atoms with Gasteiger partial charge in [0.05, 0.1) is 24.0 Å².